The lowest BCUT2D eigenvalue weighted by atomic mass is 10.2. The number of nitrogens with one attached hydrogen (secondary N) is 1. The first-order valence-electron chi connectivity index (χ1n) is 9.76. The molecular weight excluding hydrogens is 418 g/mol. The Hall–Kier alpha value is -2.34. The molecule has 2 aliphatic heterocycles. The second-order valence-corrected chi connectivity index (χ2v) is 8.80. The SMILES string of the molecule is CC1COCC(C)N1C(=O)CS(=O)CCC(=O)NCCC(=O)ON1C(=O)CCC1=O. The molecule has 2 rings (SSSR count). The molecule has 4 amide bonds. The molecule has 2 fully saturated rings. The molecule has 12 heteroatoms. The summed E-state index contributed by atoms with van der Waals surface area (Å²) in [6, 6.07) is -0.181. The molecule has 0 aliphatic carbocycles. The van der Waals surface area contributed by atoms with Gasteiger partial charge in [0.1, 0.15) is 5.75 Å². The molecule has 3 unspecified atom stereocenters. The number of amides is 4. The van der Waals surface area contributed by atoms with Crippen LogP contribution < -0.4 is 5.32 Å². The molecule has 2 aliphatic rings. The molecule has 0 aromatic heterocycles. The van der Waals surface area contributed by atoms with Crippen molar-refractivity contribution in [3.8, 4) is 0 Å². The predicted molar refractivity (Wildman–Crippen MR) is 104 cm³/mol. The first-order valence-corrected chi connectivity index (χ1v) is 11.2. The minimum atomic E-state index is -1.49. The number of carbonyl (C=O) groups is 5. The third-order valence-corrected chi connectivity index (χ3v) is 5.88. The van der Waals surface area contributed by atoms with Crippen LogP contribution in [0.1, 0.15) is 39.5 Å². The summed E-state index contributed by atoms with van der Waals surface area (Å²) in [5.74, 6) is -2.76. The fourth-order valence-corrected chi connectivity index (χ4v) is 4.17. The number of morpholine rings is 1. The average molecular weight is 445 g/mol. The van der Waals surface area contributed by atoms with Gasteiger partial charge in [0.05, 0.1) is 31.7 Å². The van der Waals surface area contributed by atoms with E-state index in [1.807, 2.05) is 13.8 Å². The normalized spacial score (nSPS) is 22.7. The maximum absolute atomic E-state index is 12.4. The Bertz CT molecular complexity index is 702. The molecule has 0 aromatic carbocycles. The lowest BCUT2D eigenvalue weighted by Gasteiger charge is -2.38. The van der Waals surface area contributed by atoms with E-state index in [0.717, 1.165) is 0 Å². The Labute approximate surface area is 176 Å². The van der Waals surface area contributed by atoms with Crippen molar-refractivity contribution in [2.45, 2.75) is 51.6 Å². The molecule has 1 N–H and O–H groups in total. The first kappa shape index (κ1) is 23.9. The van der Waals surface area contributed by atoms with Crippen molar-refractivity contribution in [3.05, 3.63) is 0 Å². The van der Waals surface area contributed by atoms with E-state index >= 15 is 0 Å². The van der Waals surface area contributed by atoms with Gasteiger partial charge in [-0.15, -0.1) is 5.06 Å². The van der Waals surface area contributed by atoms with Gasteiger partial charge in [-0.3, -0.25) is 23.4 Å². The van der Waals surface area contributed by atoms with Gasteiger partial charge in [-0.1, -0.05) is 0 Å². The van der Waals surface area contributed by atoms with Crippen molar-refractivity contribution in [2.75, 3.05) is 31.3 Å². The highest BCUT2D eigenvalue weighted by Gasteiger charge is 2.33. The van der Waals surface area contributed by atoms with Gasteiger partial charge in [-0.2, -0.15) is 0 Å². The van der Waals surface area contributed by atoms with Crippen molar-refractivity contribution in [3.63, 3.8) is 0 Å². The molecule has 3 atom stereocenters. The summed E-state index contributed by atoms with van der Waals surface area (Å²) < 4.78 is 17.5. The van der Waals surface area contributed by atoms with Crippen LogP contribution in [0.15, 0.2) is 0 Å². The highest BCUT2D eigenvalue weighted by Crippen LogP contribution is 2.14. The van der Waals surface area contributed by atoms with Gasteiger partial charge < -0.3 is 19.8 Å². The van der Waals surface area contributed by atoms with Gasteiger partial charge in [-0.25, -0.2) is 4.79 Å². The van der Waals surface area contributed by atoms with Crippen LogP contribution in [-0.2, 0) is 44.3 Å². The van der Waals surface area contributed by atoms with E-state index in [1.54, 1.807) is 4.90 Å². The number of nitrogens with zero attached hydrogens (tertiary/aromatic N) is 2. The number of hydrogen-bond acceptors (Lipinski definition) is 8. The predicted octanol–water partition coefficient (Wildman–Crippen LogP) is -1.13. The number of rotatable bonds is 9. The first-order chi connectivity index (χ1) is 14.2. The summed E-state index contributed by atoms with van der Waals surface area (Å²) in [5, 5.41) is 2.92. The number of hydrogen-bond donors (Lipinski definition) is 1. The Kier molecular flexibility index (Phi) is 8.90. The van der Waals surface area contributed by atoms with Gasteiger partial charge in [0.15, 0.2) is 0 Å². The molecule has 0 bridgehead atoms. The summed E-state index contributed by atoms with van der Waals surface area (Å²) in [6.45, 7) is 4.55. The summed E-state index contributed by atoms with van der Waals surface area (Å²) in [5.41, 5.74) is 0. The minimum Gasteiger partial charge on any atom is -0.377 e. The van der Waals surface area contributed by atoms with Crippen LogP contribution in [0.5, 0.6) is 0 Å². The Morgan fingerprint density at radius 1 is 1.10 bits per heavy atom. The van der Waals surface area contributed by atoms with Crippen LogP contribution in [0.25, 0.3) is 0 Å². The van der Waals surface area contributed by atoms with Crippen LogP contribution in [-0.4, -0.2) is 87.1 Å². The maximum atomic E-state index is 12.4. The van der Waals surface area contributed by atoms with Gasteiger partial charge in [0.2, 0.25) is 11.8 Å². The highest BCUT2D eigenvalue weighted by atomic mass is 32.2. The fraction of sp³-hybridized carbons (Fsp3) is 0.722. The van der Waals surface area contributed by atoms with E-state index in [9.17, 15) is 28.2 Å². The lowest BCUT2D eigenvalue weighted by Crippen LogP contribution is -2.53. The third-order valence-electron chi connectivity index (χ3n) is 4.65. The topological polar surface area (TPSA) is 139 Å². The maximum Gasteiger partial charge on any atom is 0.334 e. The number of hydroxylamine groups is 2. The standard InChI is InChI=1S/C18H27N3O8S/c1-12-9-28-10-13(2)20(12)17(25)11-30(27)8-6-14(22)19-7-5-18(26)29-21-15(23)3-4-16(21)24/h12-13H,3-11H2,1-2H3,(H,19,22). The zero-order valence-electron chi connectivity index (χ0n) is 17.1. The van der Waals surface area contributed by atoms with Crippen molar-refractivity contribution in [2.24, 2.45) is 0 Å². The van der Waals surface area contributed by atoms with E-state index in [0.29, 0.717) is 18.3 Å². The Morgan fingerprint density at radius 2 is 1.70 bits per heavy atom. The second kappa shape index (κ2) is 11.2. The van der Waals surface area contributed by atoms with Crippen molar-refractivity contribution >= 4 is 40.4 Å². The molecular formula is C18H27N3O8S. The van der Waals surface area contributed by atoms with Gasteiger partial charge in [0.25, 0.3) is 11.8 Å². The van der Waals surface area contributed by atoms with Crippen LogP contribution in [0.2, 0.25) is 0 Å². The second-order valence-electron chi connectivity index (χ2n) is 7.22. The van der Waals surface area contributed by atoms with E-state index in [4.69, 9.17) is 4.74 Å². The fourth-order valence-electron chi connectivity index (χ4n) is 3.18. The average Bonchev–Trinajstić information content (AvgIpc) is 2.98. The van der Waals surface area contributed by atoms with Crippen LogP contribution in [0.3, 0.4) is 0 Å². The van der Waals surface area contributed by atoms with Gasteiger partial charge in [-0.05, 0) is 13.8 Å². The lowest BCUT2D eigenvalue weighted by molar-refractivity contribution is -0.197. The molecule has 0 saturated carbocycles. The molecule has 0 radical (unpaired) electrons. The Balaban J connectivity index is 1.62. The zero-order chi connectivity index (χ0) is 22.3. The quantitative estimate of drug-likeness (QED) is 0.440. The van der Waals surface area contributed by atoms with E-state index in [-0.39, 0.29) is 61.7 Å². The van der Waals surface area contributed by atoms with E-state index in [1.165, 1.54) is 0 Å². The van der Waals surface area contributed by atoms with Crippen molar-refractivity contribution in [1.29, 1.82) is 0 Å². The Morgan fingerprint density at radius 3 is 2.30 bits per heavy atom. The molecule has 2 heterocycles. The van der Waals surface area contributed by atoms with Gasteiger partial charge >= 0.3 is 5.97 Å². The zero-order valence-corrected chi connectivity index (χ0v) is 17.9. The number of imide groups is 1. The molecule has 0 spiro atoms. The molecule has 11 nitrogen and oxygen atoms in total. The van der Waals surface area contributed by atoms with Gasteiger partial charge in [0, 0.05) is 42.4 Å². The molecule has 168 valence electrons. The summed E-state index contributed by atoms with van der Waals surface area (Å²) >= 11 is 0. The smallest absolute Gasteiger partial charge is 0.334 e. The monoisotopic (exact) mass is 445 g/mol. The summed E-state index contributed by atoms with van der Waals surface area (Å²) in [6.07, 6.45) is -0.277. The minimum absolute atomic E-state index is 0.00581. The summed E-state index contributed by atoms with van der Waals surface area (Å²) in [4.78, 5) is 64.9. The molecule has 30 heavy (non-hydrogen) atoms. The van der Waals surface area contributed by atoms with E-state index in [2.05, 4.69) is 10.2 Å². The van der Waals surface area contributed by atoms with Crippen LogP contribution >= 0.6 is 0 Å². The number of ether oxygens (including phenoxy) is 1. The molecule has 0 aromatic rings. The van der Waals surface area contributed by atoms with Crippen molar-refractivity contribution in [1.82, 2.24) is 15.3 Å². The third kappa shape index (κ3) is 6.87. The largest absolute Gasteiger partial charge is 0.377 e. The van der Waals surface area contributed by atoms with Crippen molar-refractivity contribution < 1.29 is 37.8 Å². The molecule has 2 saturated heterocycles. The summed E-state index contributed by atoms with van der Waals surface area (Å²) in [7, 11) is -1.49. The van der Waals surface area contributed by atoms with Crippen LogP contribution in [0.4, 0.5) is 0 Å². The van der Waals surface area contributed by atoms with Crippen LogP contribution in [0, 0.1) is 0 Å². The highest BCUT2D eigenvalue weighted by molar-refractivity contribution is 7.85. The van der Waals surface area contributed by atoms with E-state index < -0.39 is 34.5 Å². The number of carbonyl (C=O) groups excluding carboxylic acids is 5.